The molecule has 1 atom stereocenters. The Labute approximate surface area is 217 Å². The number of carbonyl (C=O) groups is 1. The molecule has 4 aromatic rings. The number of benzene rings is 2. The molecular weight excluding hydrogens is 460 g/mol. The number of amides is 1. The summed E-state index contributed by atoms with van der Waals surface area (Å²) in [5.41, 5.74) is 7.01. The third kappa shape index (κ3) is 4.91. The second kappa shape index (κ2) is 10.3. The summed E-state index contributed by atoms with van der Waals surface area (Å²) >= 11 is 0. The molecule has 1 amide bonds. The van der Waals surface area contributed by atoms with E-state index in [1.165, 1.54) is 49.9 Å². The maximum atomic E-state index is 12.1. The van der Waals surface area contributed by atoms with Crippen molar-refractivity contribution in [2.75, 3.05) is 25.5 Å². The van der Waals surface area contributed by atoms with Crippen LogP contribution in [-0.2, 0) is 12.8 Å². The average Bonchev–Trinajstić information content (AvgIpc) is 3.40. The number of para-hydroxylation sites is 1. The molecule has 2 N–H and O–H groups in total. The lowest BCUT2D eigenvalue weighted by atomic mass is 10.0. The number of anilines is 2. The van der Waals surface area contributed by atoms with E-state index in [9.17, 15) is 4.79 Å². The lowest BCUT2D eigenvalue weighted by Gasteiger charge is -2.25. The normalized spacial score (nSPS) is 17.8. The van der Waals surface area contributed by atoms with Gasteiger partial charge in [0.2, 0.25) is 5.95 Å². The Morgan fingerprint density at radius 3 is 2.65 bits per heavy atom. The number of carbonyl (C=O) groups excluding carboxylic acids is 1. The van der Waals surface area contributed by atoms with E-state index in [1.807, 2.05) is 30.5 Å². The molecule has 0 spiro atoms. The van der Waals surface area contributed by atoms with E-state index in [0.29, 0.717) is 17.6 Å². The van der Waals surface area contributed by atoms with Crippen molar-refractivity contribution in [2.45, 2.75) is 44.6 Å². The first-order valence-electron chi connectivity index (χ1n) is 13.2. The molecule has 7 nitrogen and oxygen atoms in total. The van der Waals surface area contributed by atoms with Gasteiger partial charge < -0.3 is 15.5 Å². The summed E-state index contributed by atoms with van der Waals surface area (Å²) in [5.74, 6) is 0.389. The predicted octanol–water partition coefficient (Wildman–Crippen LogP) is 5.14. The number of aromatic nitrogens is 3. The number of hydrogen-bond acceptors (Lipinski definition) is 6. The Morgan fingerprint density at radius 2 is 1.81 bits per heavy atom. The van der Waals surface area contributed by atoms with Crippen molar-refractivity contribution in [3.63, 3.8) is 0 Å². The van der Waals surface area contributed by atoms with Gasteiger partial charge in [0.05, 0.1) is 11.1 Å². The first-order chi connectivity index (χ1) is 18.2. The van der Waals surface area contributed by atoms with Crippen molar-refractivity contribution in [1.29, 1.82) is 0 Å². The largest absolute Gasteiger partial charge is 0.355 e. The fourth-order valence-electron chi connectivity index (χ4n) is 5.77. The highest BCUT2D eigenvalue weighted by Crippen LogP contribution is 2.30. The van der Waals surface area contributed by atoms with Crippen molar-refractivity contribution < 1.29 is 4.79 Å². The zero-order valence-corrected chi connectivity index (χ0v) is 21.2. The van der Waals surface area contributed by atoms with Gasteiger partial charge in [-0.1, -0.05) is 24.3 Å². The van der Waals surface area contributed by atoms with Crippen LogP contribution in [-0.4, -0.2) is 51.9 Å². The van der Waals surface area contributed by atoms with Gasteiger partial charge in [0.15, 0.2) is 0 Å². The number of aryl methyl sites for hydroxylation is 2. The molecule has 2 aromatic carbocycles. The highest BCUT2D eigenvalue weighted by atomic mass is 16.1. The van der Waals surface area contributed by atoms with Gasteiger partial charge >= 0.3 is 0 Å². The molecule has 1 aliphatic heterocycles. The molecule has 0 radical (unpaired) electrons. The van der Waals surface area contributed by atoms with Crippen molar-refractivity contribution in [3.05, 3.63) is 77.7 Å². The number of nitrogens with one attached hydrogen (secondary N) is 2. The van der Waals surface area contributed by atoms with Crippen LogP contribution >= 0.6 is 0 Å². The smallest absolute Gasteiger partial charge is 0.252 e. The lowest BCUT2D eigenvalue weighted by molar-refractivity contribution is 0.0962. The minimum absolute atomic E-state index is 0.165. The fourth-order valence-corrected chi connectivity index (χ4v) is 5.77. The fraction of sp³-hybridized carbons (Fsp3) is 0.333. The van der Waals surface area contributed by atoms with Crippen LogP contribution in [0.5, 0.6) is 0 Å². The molecule has 6 rings (SSSR count). The topological polar surface area (TPSA) is 83.0 Å². The minimum Gasteiger partial charge on any atom is -0.355 e. The highest BCUT2D eigenvalue weighted by Gasteiger charge is 2.24. The number of fused-ring (bicyclic) bond motifs is 2. The number of hydrogen-bond donors (Lipinski definition) is 2. The Kier molecular flexibility index (Phi) is 6.53. The molecule has 2 aromatic heterocycles. The number of likely N-dealkylation sites (tertiary alicyclic amines) is 1. The van der Waals surface area contributed by atoms with Crippen LogP contribution in [0.3, 0.4) is 0 Å². The van der Waals surface area contributed by atoms with Crippen LogP contribution in [0.15, 0.2) is 61.1 Å². The molecule has 7 heteroatoms. The van der Waals surface area contributed by atoms with Crippen LogP contribution in [0, 0.1) is 0 Å². The Hall–Kier alpha value is -3.84. The van der Waals surface area contributed by atoms with Crippen LogP contribution in [0.4, 0.5) is 11.6 Å². The molecule has 3 heterocycles. The highest BCUT2D eigenvalue weighted by molar-refractivity contribution is 5.98. The van der Waals surface area contributed by atoms with Crippen molar-refractivity contribution in [3.8, 4) is 11.1 Å². The number of pyridine rings is 1. The van der Waals surface area contributed by atoms with Crippen LogP contribution in [0.1, 0.15) is 47.2 Å². The molecule has 1 fully saturated rings. The van der Waals surface area contributed by atoms with Crippen LogP contribution < -0.4 is 10.6 Å². The van der Waals surface area contributed by atoms with Crippen LogP contribution in [0.25, 0.3) is 22.0 Å². The Morgan fingerprint density at radius 1 is 0.973 bits per heavy atom. The molecular formula is C30H32N6O. The van der Waals surface area contributed by atoms with Gasteiger partial charge in [-0.05, 0) is 80.9 Å². The summed E-state index contributed by atoms with van der Waals surface area (Å²) in [6.07, 6.45) is 12.6. The lowest BCUT2D eigenvalue weighted by Crippen LogP contribution is -2.32. The molecule has 2 aliphatic rings. The first-order valence-corrected chi connectivity index (χ1v) is 13.2. The summed E-state index contributed by atoms with van der Waals surface area (Å²) in [5, 5.41) is 7.03. The van der Waals surface area contributed by atoms with E-state index in [-0.39, 0.29) is 5.91 Å². The maximum absolute atomic E-state index is 12.1. The van der Waals surface area contributed by atoms with Gasteiger partial charge in [0.1, 0.15) is 0 Å². The van der Waals surface area contributed by atoms with Gasteiger partial charge in [-0.3, -0.25) is 9.78 Å². The van der Waals surface area contributed by atoms with E-state index < -0.39 is 0 Å². The molecule has 0 saturated carbocycles. The van der Waals surface area contributed by atoms with E-state index in [4.69, 9.17) is 4.98 Å². The zero-order chi connectivity index (χ0) is 25.2. The quantitative estimate of drug-likeness (QED) is 0.376. The molecule has 1 unspecified atom stereocenters. The third-order valence-corrected chi connectivity index (χ3v) is 7.76. The summed E-state index contributed by atoms with van der Waals surface area (Å²) < 4.78 is 0. The van der Waals surface area contributed by atoms with E-state index in [2.05, 4.69) is 43.7 Å². The number of rotatable bonds is 5. The first kappa shape index (κ1) is 23.6. The maximum Gasteiger partial charge on any atom is 0.252 e. The van der Waals surface area contributed by atoms with Crippen LogP contribution in [0.2, 0.25) is 0 Å². The van der Waals surface area contributed by atoms with Crippen molar-refractivity contribution in [1.82, 2.24) is 25.2 Å². The summed E-state index contributed by atoms with van der Waals surface area (Å²) in [6.45, 7) is 2.53. The second-order valence-electron chi connectivity index (χ2n) is 10.1. The monoisotopic (exact) mass is 492 g/mol. The Balaban J connectivity index is 1.26. The minimum atomic E-state index is -0.165. The molecule has 1 saturated heterocycles. The second-order valence-corrected chi connectivity index (χ2v) is 10.1. The molecule has 0 bridgehead atoms. The van der Waals surface area contributed by atoms with Gasteiger partial charge in [0, 0.05) is 53.9 Å². The molecule has 1 aliphatic carbocycles. The predicted molar refractivity (Wildman–Crippen MR) is 147 cm³/mol. The van der Waals surface area contributed by atoms with Crippen molar-refractivity contribution >= 4 is 28.4 Å². The van der Waals surface area contributed by atoms with E-state index in [1.54, 1.807) is 19.4 Å². The van der Waals surface area contributed by atoms with Gasteiger partial charge in [-0.15, -0.1) is 0 Å². The SMILES string of the molecule is CNC(=O)c1cncc(-c2cccc3cnc(Nc4ccc5c(c4)CCC(N4CCCC4)CC5)nc23)c1. The van der Waals surface area contributed by atoms with Crippen molar-refractivity contribution in [2.24, 2.45) is 0 Å². The number of nitrogens with zero attached hydrogens (tertiary/aromatic N) is 4. The third-order valence-electron chi connectivity index (χ3n) is 7.76. The summed E-state index contributed by atoms with van der Waals surface area (Å²) in [7, 11) is 1.62. The van der Waals surface area contributed by atoms with E-state index >= 15 is 0 Å². The zero-order valence-electron chi connectivity index (χ0n) is 21.2. The van der Waals surface area contributed by atoms with Gasteiger partial charge in [-0.2, -0.15) is 0 Å². The molecule has 37 heavy (non-hydrogen) atoms. The van der Waals surface area contributed by atoms with Gasteiger partial charge in [-0.25, -0.2) is 9.97 Å². The Bertz CT molecular complexity index is 1450. The molecule has 188 valence electrons. The summed E-state index contributed by atoms with van der Waals surface area (Å²) in [6, 6.07) is 15.2. The van der Waals surface area contributed by atoms with E-state index in [0.717, 1.165) is 40.6 Å². The standard InChI is InChI=1S/C30H32N6O/c1-31-29(37)24-15-23(17-32-18-24)27-6-4-5-22-19-33-30(35-28(22)27)34-25-10-7-20-8-11-26(12-9-21(20)16-25)36-13-2-3-14-36/h4-7,10,15-19,26H,2-3,8-9,11-14H2,1H3,(H,31,37)(H,33,34,35). The van der Waals surface area contributed by atoms with Gasteiger partial charge in [0.25, 0.3) is 5.91 Å². The average molecular weight is 493 g/mol. The summed E-state index contributed by atoms with van der Waals surface area (Å²) in [4.78, 5) is 28.6.